The van der Waals surface area contributed by atoms with Crippen molar-refractivity contribution in [3.05, 3.63) is 56.9 Å². The molecule has 0 unspecified atom stereocenters. The van der Waals surface area contributed by atoms with Crippen LogP contribution >= 0.6 is 35.3 Å². The van der Waals surface area contributed by atoms with E-state index in [2.05, 4.69) is 30.9 Å². The maximum atomic E-state index is 11.7. The standard InChI is InChI=1S/C14H11BrN3O4PS.2Na/c15-9-2-1-8(3-4-23(20,21)22)10(5-9)24-11-6-16-13-12(11)17-7-18-14(13)19;;/h1-7,16H,(H,17,18,19)(H2,20,21,22);;/q;2*+1/p-2/b4-3+;;. The van der Waals surface area contributed by atoms with E-state index in [9.17, 15) is 19.1 Å². The summed E-state index contributed by atoms with van der Waals surface area (Å²) in [5.41, 5.74) is 1.15. The second kappa shape index (κ2) is 10.2. The number of aromatic nitrogens is 3. The van der Waals surface area contributed by atoms with E-state index >= 15 is 0 Å². The summed E-state index contributed by atoms with van der Waals surface area (Å²) in [5.74, 6) is 0.637. The zero-order valence-corrected chi connectivity index (χ0v) is 21.2. The number of hydrogen-bond donors (Lipinski definition) is 2. The van der Waals surface area contributed by atoms with Crippen LogP contribution in [0.4, 0.5) is 0 Å². The molecule has 2 N–H and O–H groups in total. The topological polar surface area (TPSA) is 125 Å². The van der Waals surface area contributed by atoms with Crippen LogP contribution in [0.2, 0.25) is 0 Å². The molecule has 2 heterocycles. The van der Waals surface area contributed by atoms with Gasteiger partial charge in [0, 0.05) is 15.6 Å². The summed E-state index contributed by atoms with van der Waals surface area (Å²) in [7, 11) is -4.74. The first kappa shape index (κ1) is 24.4. The smallest absolute Gasteiger partial charge is 0.808 e. The van der Waals surface area contributed by atoms with Crippen LogP contribution < -0.4 is 74.5 Å². The second-order valence-corrected chi connectivity index (χ2v) is 8.13. The van der Waals surface area contributed by atoms with Crippen LogP contribution in [0.15, 0.2) is 55.6 Å². The van der Waals surface area contributed by atoms with Crippen molar-refractivity contribution < 1.29 is 73.5 Å². The molecule has 0 radical (unpaired) electrons. The first-order chi connectivity index (χ1) is 11.3. The van der Waals surface area contributed by atoms with Gasteiger partial charge in [-0.05, 0) is 25.3 Å². The van der Waals surface area contributed by atoms with Crippen LogP contribution in [0, 0.1) is 0 Å². The van der Waals surface area contributed by atoms with E-state index in [1.807, 2.05) is 0 Å². The molecule has 1 aromatic carbocycles. The maximum absolute atomic E-state index is 11.7. The maximum Gasteiger partial charge on any atom is 1.00 e. The van der Waals surface area contributed by atoms with Crippen molar-refractivity contribution in [3.63, 3.8) is 0 Å². The van der Waals surface area contributed by atoms with Crippen molar-refractivity contribution in [3.8, 4) is 0 Å². The Balaban J connectivity index is 0.00000169. The number of nitrogens with zero attached hydrogens (tertiary/aromatic N) is 1. The van der Waals surface area contributed by atoms with Crippen molar-refractivity contribution in [2.45, 2.75) is 9.79 Å². The minimum Gasteiger partial charge on any atom is -0.808 e. The third-order valence-corrected chi connectivity index (χ3v) is 5.18. The molecule has 0 fully saturated rings. The predicted octanol–water partition coefficient (Wildman–Crippen LogP) is -3.94. The van der Waals surface area contributed by atoms with Crippen LogP contribution in [0.1, 0.15) is 5.56 Å². The molecule has 0 amide bonds. The molecule has 3 aromatic rings. The number of rotatable bonds is 4. The van der Waals surface area contributed by atoms with Gasteiger partial charge in [-0.1, -0.05) is 45.7 Å². The minimum atomic E-state index is -4.74. The molecule has 0 bridgehead atoms. The van der Waals surface area contributed by atoms with E-state index in [-0.39, 0.29) is 64.7 Å². The molecular weight excluding hydrogens is 463 g/mol. The SMILES string of the molecule is O=c1[nH]cnc2c(Sc3cc(Br)ccc3/C=C/P(=O)([O-])[O-])c[nH]c12.[Na+].[Na+]. The molecule has 124 valence electrons. The summed E-state index contributed by atoms with van der Waals surface area (Å²) < 4.78 is 11.6. The van der Waals surface area contributed by atoms with Gasteiger partial charge in [0.1, 0.15) is 11.0 Å². The van der Waals surface area contributed by atoms with Gasteiger partial charge < -0.3 is 24.3 Å². The summed E-state index contributed by atoms with van der Waals surface area (Å²) in [5, 5.41) is 0. The van der Waals surface area contributed by atoms with Gasteiger partial charge in [0.15, 0.2) is 0 Å². The van der Waals surface area contributed by atoms with Gasteiger partial charge in [0.2, 0.25) is 0 Å². The van der Waals surface area contributed by atoms with Crippen molar-refractivity contribution in [2.24, 2.45) is 0 Å². The summed E-state index contributed by atoms with van der Waals surface area (Å²) >= 11 is 4.66. The fourth-order valence-corrected chi connectivity index (χ4v) is 3.93. The molecule has 12 heteroatoms. The Bertz CT molecular complexity index is 1050. The molecule has 3 rings (SSSR count). The van der Waals surface area contributed by atoms with Crippen molar-refractivity contribution in [1.82, 2.24) is 15.0 Å². The Hall–Kier alpha value is 0.360. The average Bonchev–Trinajstić information content (AvgIpc) is 2.90. The number of halogens is 1. The van der Waals surface area contributed by atoms with Crippen molar-refractivity contribution in [2.75, 3.05) is 0 Å². The first-order valence-electron chi connectivity index (χ1n) is 6.57. The minimum absolute atomic E-state index is 0. The van der Waals surface area contributed by atoms with Crippen LogP contribution in [0.3, 0.4) is 0 Å². The summed E-state index contributed by atoms with van der Waals surface area (Å²) in [6.45, 7) is 0. The third kappa shape index (κ3) is 6.18. The Labute approximate surface area is 205 Å². The Kier molecular flexibility index (Phi) is 9.60. The van der Waals surface area contributed by atoms with Crippen molar-refractivity contribution in [1.29, 1.82) is 0 Å². The number of H-pyrrole nitrogens is 2. The van der Waals surface area contributed by atoms with Gasteiger partial charge in [-0.3, -0.25) is 4.79 Å². The largest absolute Gasteiger partial charge is 1.00 e. The Morgan fingerprint density at radius 2 is 1.92 bits per heavy atom. The van der Waals surface area contributed by atoms with Crippen LogP contribution in [-0.2, 0) is 4.57 Å². The molecule has 0 aliphatic carbocycles. The van der Waals surface area contributed by atoms with Crippen LogP contribution in [-0.4, -0.2) is 15.0 Å². The van der Waals surface area contributed by atoms with Gasteiger partial charge >= 0.3 is 59.1 Å². The number of aromatic amines is 2. The number of fused-ring (bicyclic) bond motifs is 1. The Morgan fingerprint density at radius 3 is 2.62 bits per heavy atom. The molecule has 0 spiro atoms. The monoisotopic (exact) mass is 471 g/mol. The average molecular weight is 472 g/mol. The number of benzene rings is 1. The summed E-state index contributed by atoms with van der Waals surface area (Å²) in [4.78, 5) is 44.3. The number of hydrogen-bond acceptors (Lipinski definition) is 6. The van der Waals surface area contributed by atoms with E-state index in [1.54, 1.807) is 24.4 Å². The first-order valence-corrected chi connectivity index (χ1v) is 9.79. The molecule has 0 saturated carbocycles. The fourth-order valence-electron chi connectivity index (χ4n) is 2.03. The van der Waals surface area contributed by atoms with Gasteiger partial charge in [0.25, 0.3) is 5.56 Å². The summed E-state index contributed by atoms with van der Waals surface area (Å²) in [6, 6.07) is 5.22. The molecule has 0 aliphatic heterocycles. The normalized spacial score (nSPS) is 11.3. The van der Waals surface area contributed by atoms with E-state index in [1.165, 1.54) is 24.2 Å². The molecule has 0 saturated heterocycles. The number of nitrogens with one attached hydrogen (secondary N) is 2. The predicted molar refractivity (Wildman–Crippen MR) is 91.6 cm³/mol. The van der Waals surface area contributed by atoms with E-state index < -0.39 is 7.60 Å². The summed E-state index contributed by atoms with van der Waals surface area (Å²) in [6.07, 6.45) is 4.22. The van der Waals surface area contributed by atoms with E-state index in [0.29, 0.717) is 32.2 Å². The molecule has 7 nitrogen and oxygen atoms in total. The molecule has 0 aliphatic rings. The quantitative estimate of drug-likeness (QED) is 0.295. The molecular formula is C14H9BrN3Na2O4PS. The van der Waals surface area contributed by atoms with Crippen LogP contribution in [0.5, 0.6) is 0 Å². The van der Waals surface area contributed by atoms with Crippen LogP contribution in [0.25, 0.3) is 17.1 Å². The van der Waals surface area contributed by atoms with Gasteiger partial charge in [-0.25, -0.2) is 4.98 Å². The fraction of sp³-hybridized carbons (Fsp3) is 0. The molecule has 26 heavy (non-hydrogen) atoms. The van der Waals surface area contributed by atoms with Gasteiger partial charge in [-0.15, -0.1) is 0 Å². The Morgan fingerprint density at radius 1 is 1.19 bits per heavy atom. The van der Waals surface area contributed by atoms with E-state index in [4.69, 9.17) is 0 Å². The van der Waals surface area contributed by atoms with E-state index in [0.717, 1.165) is 4.47 Å². The van der Waals surface area contributed by atoms with Gasteiger partial charge in [-0.2, -0.15) is 0 Å². The van der Waals surface area contributed by atoms with Crippen molar-refractivity contribution >= 4 is 52.4 Å². The zero-order valence-electron chi connectivity index (χ0n) is 13.9. The molecule has 2 aromatic heterocycles. The second-order valence-electron chi connectivity index (χ2n) is 4.75. The zero-order chi connectivity index (χ0) is 17.3. The van der Waals surface area contributed by atoms with Gasteiger partial charge in [0.05, 0.1) is 11.2 Å². The molecule has 0 atom stereocenters. The third-order valence-electron chi connectivity index (χ3n) is 3.07.